The highest BCUT2D eigenvalue weighted by molar-refractivity contribution is 8.22. The molecule has 0 radical (unpaired) electrons. The van der Waals surface area contributed by atoms with Crippen molar-refractivity contribution in [1.82, 2.24) is 15.5 Å². The Morgan fingerprint density at radius 2 is 1.91 bits per heavy atom. The number of thioether (sulfide) groups is 1. The number of carbonyl (C=O) groups is 2. The van der Waals surface area contributed by atoms with Crippen LogP contribution >= 0.6 is 24.0 Å². The number of benzene rings is 1. The van der Waals surface area contributed by atoms with E-state index in [9.17, 15) is 9.59 Å². The van der Waals surface area contributed by atoms with Gasteiger partial charge in [0.25, 0.3) is 11.8 Å². The highest BCUT2D eigenvalue weighted by atomic mass is 32.2. The Bertz CT molecular complexity index is 1030. The summed E-state index contributed by atoms with van der Waals surface area (Å²) in [4.78, 5) is 27.7. The van der Waals surface area contributed by atoms with Gasteiger partial charge in [-0.15, -0.1) is 0 Å². The zero-order valence-corrected chi connectivity index (χ0v) is 20.3. The number of carbonyl (C=O) groups excluding carboxylic acids is 2. The Hall–Kier alpha value is -2.66. The van der Waals surface area contributed by atoms with Crippen molar-refractivity contribution in [3.63, 3.8) is 0 Å². The van der Waals surface area contributed by atoms with E-state index in [1.807, 2.05) is 6.07 Å². The number of rotatable bonds is 7. The van der Waals surface area contributed by atoms with Gasteiger partial charge in [0.1, 0.15) is 15.8 Å². The summed E-state index contributed by atoms with van der Waals surface area (Å²) < 4.78 is 17.5. The summed E-state index contributed by atoms with van der Waals surface area (Å²) in [6, 6.07) is 12.3. The molecule has 0 aliphatic carbocycles. The maximum Gasteiger partial charge on any atom is 0.268 e. The first kappa shape index (κ1) is 24.5. The maximum absolute atomic E-state index is 12.9. The van der Waals surface area contributed by atoms with Crippen LogP contribution in [0.1, 0.15) is 29.0 Å². The minimum atomic E-state index is -0.408. The predicted octanol–water partition coefficient (Wildman–Crippen LogP) is 3.05. The third kappa shape index (κ3) is 6.92. The Balaban J connectivity index is 1.45. The summed E-state index contributed by atoms with van der Waals surface area (Å²) in [5.41, 5.74) is 0.542. The fourth-order valence-corrected chi connectivity index (χ4v) is 4.74. The van der Waals surface area contributed by atoms with Crippen molar-refractivity contribution in [1.29, 1.82) is 0 Å². The fourth-order valence-electron chi connectivity index (χ4n) is 3.56. The number of hydrogen-bond donors (Lipinski definition) is 2. The SMILES string of the molecule is O=C(NC[C@@H]1CCCO1)/C(=C/c1ccc(SC(=S)N2CCOCC2)o1)NC(=O)c1ccccc1. The van der Waals surface area contributed by atoms with Gasteiger partial charge >= 0.3 is 0 Å². The van der Waals surface area contributed by atoms with Crippen LogP contribution in [-0.2, 0) is 14.3 Å². The van der Waals surface area contributed by atoms with Crippen molar-refractivity contribution in [3.8, 4) is 0 Å². The van der Waals surface area contributed by atoms with Gasteiger partial charge in [-0.2, -0.15) is 0 Å². The molecule has 1 aromatic carbocycles. The molecule has 10 heteroatoms. The number of ether oxygens (including phenoxy) is 2. The van der Waals surface area contributed by atoms with Crippen molar-refractivity contribution >= 4 is 46.2 Å². The van der Waals surface area contributed by atoms with E-state index in [-0.39, 0.29) is 17.7 Å². The topological polar surface area (TPSA) is 93.0 Å². The number of hydrogen-bond acceptors (Lipinski definition) is 7. The summed E-state index contributed by atoms with van der Waals surface area (Å²) in [5, 5.41) is 6.17. The van der Waals surface area contributed by atoms with Crippen LogP contribution in [-0.4, -0.2) is 66.6 Å². The van der Waals surface area contributed by atoms with E-state index in [0.717, 1.165) is 25.9 Å². The van der Waals surface area contributed by atoms with E-state index in [4.69, 9.17) is 26.1 Å². The monoisotopic (exact) mass is 501 g/mol. The number of nitrogens with one attached hydrogen (secondary N) is 2. The predicted molar refractivity (Wildman–Crippen MR) is 133 cm³/mol. The normalized spacial score (nSPS) is 18.5. The summed E-state index contributed by atoms with van der Waals surface area (Å²) >= 11 is 6.86. The lowest BCUT2D eigenvalue weighted by Gasteiger charge is -2.28. The minimum absolute atomic E-state index is 0.0113. The summed E-state index contributed by atoms with van der Waals surface area (Å²) in [5.74, 6) is -0.356. The van der Waals surface area contributed by atoms with Gasteiger partial charge in [-0.05, 0) is 48.9 Å². The van der Waals surface area contributed by atoms with Gasteiger partial charge in [0.05, 0.1) is 19.3 Å². The molecule has 2 saturated heterocycles. The standard InChI is InChI=1S/C24H27N3O5S2/c28-22(17-5-2-1-3-6-17)26-20(23(29)25-16-19-7-4-12-31-19)15-18-8-9-21(32-18)34-24(33)27-10-13-30-14-11-27/h1-3,5-6,8-9,15,19H,4,7,10-14,16H2,(H,25,29)(H,26,28)/b20-15-/t19-/m0/s1. The molecule has 2 aliphatic heterocycles. The molecule has 0 spiro atoms. The highest BCUT2D eigenvalue weighted by Crippen LogP contribution is 2.25. The molecule has 3 heterocycles. The van der Waals surface area contributed by atoms with Crippen LogP contribution < -0.4 is 10.6 Å². The fraction of sp³-hybridized carbons (Fsp3) is 0.375. The molecular weight excluding hydrogens is 474 g/mol. The Labute approximate surface area is 208 Å². The van der Waals surface area contributed by atoms with Crippen molar-refractivity contribution in [2.24, 2.45) is 0 Å². The molecule has 0 saturated carbocycles. The van der Waals surface area contributed by atoms with Gasteiger partial charge in [0.2, 0.25) is 0 Å². The molecule has 2 aromatic rings. The Morgan fingerprint density at radius 3 is 2.65 bits per heavy atom. The first-order valence-corrected chi connectivity index (χ1v) is 12.4. The Morgan fingerprint density at radius 1 is 1.12 bits per heavy atom. The van der Waals surface area contributed by atoms with E-state index in [1.165, 1.54) is 17.8 Å². The van der Waals surface area contributed by atoms with Gasteiger partial charge in [-0.3, -0.25) is 9.59 Å². The van der Waals surface area contributed by atoms with E-state index in [2.05, 4.69) is 15.5 Å². The zero-order chi connectivity index (χ0) is 23.8. The molecule has 8 nitrogen and oxygen atoms in total. The lowest BCUT2D eigenvalue weighted by atomic mass is 10.2. The van der Waals surface area contributed by atoms with Gasteiger partial charge < -0.3 is 29.4 Å². The van der Waals surface area contributed by atoms with Crippen molar-refractivity contribution in [2.75, 3.05) is 39.5 Å². The third-order valence-corrected chi connectivity index (χ3v) is 6.75. The highest BCUT2D eigenvalue weighted by Gasteiger charge is 2.20. The number of amides is 2. The molecular formula is C24H27N3O5S2. The van der Waals surface area contributed by atoms with Crippen LogP contribution in [0.15, 0.2) is 57.7 Å². The molecule has 0 bridgehead atoms. The average molecular weight is 502 g/mol. The molecule has 2 amide bonds. The quantitative estimate of drug-likeness (QED) is 0.340. The molecule has 4 rings (SSSR count). The second kappa shape index (κ2) is 12.2. The summed E-state index contributed by atoms with van der Waals surface area (Å²) in [6.07, 6.45) is 3.39. The third-order valence-electron chi connectivity index (χ3n) is 5.39. The van der Waals surface area contributed by atoms with Crippen LogP contribution in [0.3, 0.4) is 0 Å². The van der Waals surface area contributed by atoms with E-state index < -0.39 is 5.91 Å². The largest absolute Gasteiger partial charge is 0.450 e. The van der Waals surface area contributed by atoms with Gasteiger partial charge in [0, 0.05) is 37.9 Å². The van der Waals surface area contributed by atoms with Crippen LogP contribution in [0.4, 0.5) is 0 Å². The van der Waals surface area contributed by atoms with Crippen LogP contribution in [0, 0.1) is 0 Å². The van der Waals surface area contributed by atoms with Gasteiger partial charge in [0.15, 0.2) is 5.09 Å². The first-order valence-electron chi connectivity index (χ1n) is 11.2. The summed E-state index contributed by atoms with van der Waals surface area (Å²) in [7, 11) is 0. The van der Waals surface area contributed by atoms with E-state index >= 15 is 0 Å². The smallest absolute Gasteiger partial charge is 0.268 e. The molecule has 2 N–H and O–H groups in total. The minimum Gasteiger partial charge on any atom is -0.450 e. The van der Waals surface area contributed by atoms with E-state index in [1.54, 1.807) is 36.4 Å². The lowest BCUT2D eigenvalue weighted by molar-refractivity contribution is -0.118. The molecule has 0 unspecified atom stereocenters. The number of morpholine rings is 1. The molecule has 180 valence electrons. The van der Waals surface area contributed by atoms with Crippen molar-refractivity contribution in [2.45, 2.75) is 24.0 Å². The van der Waals surface area contributed by atoms with Crippen LogP contribution in [0.5, 0.6) is 0 Å². The number of nitrogens with zero attached hydrogens (tertiary/aromatic N) is 1. The first-order chi connectivity index (χ1) is 16.6. The molecule has 2 fully saturated rings. The van der Waals surface area contributed by atoms with Crippen LogP contribution in [0.25, 0.3) is 6.08 Å². The zero-order valence-electron chi connectivity index (χ0n) is 18.7. The molecule has 34 heavy (non-hydrogen) atoms. The second-order valence-corrected chi connectivity index (χ2v) is 9.49. The average Bonchev–Trinajstić information content (AvgIpc) is 3.55. The van der Waals surface area contributed by atoms with Gasteiger partial charge in [-0.1, -0.05) is 30.4 Å². The number of furan rings is 1. The maximum atomic E-state index is 12.9. The molecule has 1 atom stereocenters. The van der Waals surface area contributed by atoms with Crippen LogP contribution in [0.2, 0.25) is 0 Å². The number of thiocarbonyl (C=S) groups is 1. The summed E-state index contributed by atoms with van der Waals surface area (Å²) in [6.45, 7) is 3.88. The molecule has 1 aromatic heterocycles. The lowest BCUT2D eigenvalue weighted by Crippen LogP contribution is -2.38. The second-order valence-electron chi connectivity index (χ2n) is 7.85. The van der Waals surface area contributed by atoms with Crippen molar-refractivity contribution < 1.29 is 23.5 Å². The Kier molecular flexibility index (Phi) is 8.75. The van der Waals surface area contributed by atoms with Gasteiger partial charge in [-0.25, -0.2) is 0 Å². The van der Waals surface area contributed by atoms with E-state index in [0.29, 0.717) is 47.1 Å². The van der Waals surface area contributed by atoms with Crippen molar-refractivity contribution in [3.05, 3.63) is 59.5 Å². The molecule has 2 aliphatic rings.